The molecule has 1 aromatic carbocycles. The van der Waals surface area contributed by atoms with Crippen molar-refractivity contribution in [2.75, 3.05) is 31.1 Å². The van der Waals surface area contributed by atoms with Gasteiger partial charge in [0.05, 0.1) is 18.2 Å². The Kier molecular flexibility index (Phi) is 6.69. The normalized spacial score (nSPS) is 21.3. The molecule has 1 aliphatic carbocycles. The van der Waals surface area contributed by atoms with Crippen LogP contribution >= 0.6 is 0 Å². The number of carbonyl (C=O) groups is 1. The van der Waals surface area contributed by atoms with Crippen LogP contribution in [0.2, 0.25) is 0 Å². The molecule has 2 aromatic rings. The minimum absolute atomic E-state index is 0.166. The van der Waals surface area contributed by atoms with E-state index in [9.17, 15) is 4.79 Å². The molecular weight excluding hydrogens is 410 g/mol. The van der Waals surface area contributed by atoms with Crippen molar-refractivity contribution in [3.63, 3.8) is 0 Å². The Morgan fingerprint density at radius 3 is 2.48 bits per heavy atom. The molecule has 0 saturated carbocycles. The maximum absolute atomic E-state index is 13.0. The van der Waals surface area contributed by atoms with Crippen molar-refractivity contribution in [3.05, 3.63) is 71.1 Å². The largest absolute Gasteiger partial charge is 0.371 e. The van der Waals surface area contributed by atoms with Crippen LogP contribution in [0, 0.1) is 23.2 Å². The molecule has 1 aliphatic heterocycles. The van der Waals surface area contributed by atoms with Crippen LogP contribution in [0.4, 0.5) is 5.82 Å². The number of ketones is 1. The summed E-state index contributed by atoms with van der Waals surface area (Å²) in [6, 6.07) is 14.8. The van der Waals surface area contributed by atoms with Crippen molar-refractivity contribution in [2.24, 2.45) is 18.9 Å². The third-order valence-corrected chi connectivity index (χ3v) is 7.14. The fourth-order valence-corrected chi connectivity index (χ4v) is 5.27. The summed E-state index contributed by atoms with van der Waals surface area (Å²) in [6.07, 6.45) is 1.83. The number of benzene rings is 1. The quantitative estimate of drug-likeness (QED) is 0.634. The summed E-state index contributed by atoms with van der Waals surface area (Å²) in [6.45, 7) is 11.7. The van der Waals surface area contributed by atoms with Crippen LogP contribution in [0.1, 0.15) is 31.5 Å². The number of hydrogen-bond donors (Lipinski definition) is 0. The van der Waals surface area contributed by atoms with Crippen LogP contribution in [-0.4, -0.2) is 46.6 Å². The van der Waals surface area contributed by atoms with Crippen molar-refractivity contribution in [2.45, 2.75) is 33.1 Å². The van der Waals surface area contributed by atoms with Gasteiger partial charge in [0.25, 0.3) is 0 Å². The average Bonchev–Trinajstić information content (AvgIpc) is 3.17. The highest BCUT2D eigenvalue weighted by atomic mass is 16.1. The van der Waals surface area contributed by atoms with E-state index in [1.54, 1.807) is 4.68 Å². The molecule has 33 heavy (non-hydrogen) atoms. The minimum Gasteiger partial charge on any atom is -0.371 e. The summed E-state index contributed by atoms with van der Waals surface area (Å²) < 4.78 is 1.80. The molecule has 1 saturated heterocycles. The topological polar surface area (TPSA) is 65.2 Å². The SMILES string of the molecule is C=C(C)C1CC(=O)C(C)=C(N2CCN(c3cc(CC#N)n(C)n3)CC2)C1Cc1ccccc1. The summed E-state index contributed by atoms with van der Waals surface area (Å²) in [5, 5.41) is 13.6. The third-order valence-electron chi connectivity index (χ3n) is 7.14. The summed E-state index contributed by atoms with van der Waals surface area (Å²) in [5.74, 6) is 1.59. The first-order valence-electron chi connectivity index (χ1n) is 11.7. The molecule has 0 N–H and O–H groups in total. The monoisotopic (exact) mass is 443 g/mol. The Labute approximate surface area is 196 Å². The molecule has 4 rings (SSSR count). The van der Waals surface area contributed by atoms with Crippen LogP contribution in [0.25, 0.3) is 0 Å². The molecule has 2 aliphatic rings. The lowest BCUT2D eigenvalue weighted by atomic mass is 9.71. The molecule has 0 radical (unpaired) electrons. The van der Waals surface area contributed by atoms with E-state index < -0.39 is 0 Å². The Morgan fingerprint density at radius 2 is 1.85 bits per heavy atom. The molecular formula is C27H33N5O. The molecule has 2 heterocycles. The predicted octanol–water partition coefficient (Wildman–Crippen LogP) is 3.91. The van der Waals surface area contributed by atoms with E-state index in [-0.39, 0.29) is 17.6 Å². The van der Waals surface area contributed by atoms with Crippen molar-refractivity contribution >= 4 is 11.6 Å². The van der Waals surface area contributed by atoms with Gasteiger partial charge in [-0.25, -0.2) is 0 Å². The standard InChI is InChI=1S/C27H33N5O/c1-19(2)23-18-25(33)20(3)27(24(23)16-21-8-6-5-7-9-21)32-14-12-31(13-15-32)26-17-22(10-11-28)30(4)29-26/h5-9,17,23-24H,1,10,12-16,18H2,2-4H3. The number of nitriles is 1. The maximum atomic E-state index is 13.0. The van der Waals surface area contributed by atoms with Crippen LogP contribution in [0.5, 0.6) is 0 Å². The number of hydrogen-bond acceptors (Lipinski definition) is 5. The second-order valence-corrected chi connectivity index (χ2v) is 9.31. The Bertz CT molecular complexity index is 1100. The van der Waals surface area contributed by atoms with Gasteiger partial charge in [-0.1, -0.05) is 42.5 Å². The highest BCUT2D eigenvalue weighted by molar-refractivity contribution is 5.97. The van der Waals surface area contributed by atoms with Crippen LogP contribution in [0.3, 0.4) is 0 Å². The highest BCUT2D eigenvalue weighted by Crippen LogP contribution is 2.40. The third kappa shape index (κ3) is 4.73. The van der Waals surface area contributed by atoms with Crippen LogP contribution < -0.4 is 4.90 Å². The van der Waals surface area contributed by atoms with Gasteiger partial charge in [0.2, 0.25) is 0 Å². The fourth-order valence-electron chi connectivity index (χ4n) is 5.27. The van der Waals surface area contributed by atoms with E-state index in [2.05, 4.69) is 58.7 Å². The summed E-state index contributed by atoms with van der Waals surface area (Å²) in [5.41, 5.74) is 5.43. The predicted molar refractivity (Wildman–Crippen MR) is 131 cm³/mol. The number of aryl methyl sites for hydroxylation is 1. The first kappa shape index (κ1) is 22.8. The number of Topliss-reactive ketones (excluding diaryl/α,β-unsaturated/α-hetero) is 1. The zero-order valence-corrected chi connectivity index (χ0v) is 19.9. The molecule has 6 nitrogen and oxygen atoms in total. The van der Waals surface area contributed by atoms with E-state index in [1.807, 2.05) is 26.1 Å². The Hall–Kier alpha value is -3.33. The van der Waals surface area contributed by atoms with Gasteiger partial charge >= 0.3 is 0 Å². The Balaban J connectivity index is 1.57. The lowest BCUT2D eigenvalue weighted by Gasteiger charge is -2.44. The number of anilines is 1. The maximum Gasteiger partial charge on any atom is 0.160 e. The van der Waals surface area contributed by atoms with Gasteiger partial charge in [-0.2, -0.15) is 10.4 Å². The van der Waals surface area contributed by atoms with Crippen molar-refractivity contribution in [1.29, 1.82) is 5.26 Å². The molecule has 1 fully saturated rings. The zero-order valence-electron chi connectivity index (χ0n) is 19.9. The first-order valence-corrected chi connectivity index (χ1v) is 11.7. The first-order chi connectivity index (χ1) is 15.9. The van der Waals surface area contributed by atoms with Crippen molar-refractivity contribution in [1.82, 2.24) is 14.7 Å². The minimum atomic E-state index is 0.166. The smallest absolute Gasteiger partial charge is 0.160 e. The molecule has 0 bridgehead atoms. The number of aromatic nitrogens is 2. The molecule has 0 spiro atoms. The Morgan fingerprint density at radius 1 is 1.18 bits per heavy atom. The molecule has 0 amide bonds. The number of carbonyl (C=O) groups excluding carboxylic acids is 1. The second-order valence-electron chi connectivity index (χ2n) is 9.31. The summed E-state index contributed by atoms with van der Waals surface area (Å²) in [4.78, 5) is 17.7. The molecule has 2 atom stereocenters. The average molecular weight is 444 g/mol. The summed E-state index contributed by atoms with van der Waals surface area (Å²) >= 11 is 0. The highest BCUT2D eigenvalue weighted by Gasteiger charge is 2.38. The van der Waals surface area contributed by atoms with Gasteiger partial charge in [0, 0.05) is 62.9 Å². The van der Waals surface area contributed by atoms with Gasteiger partial charge in [-0.15, -0.1) is 0 Å². The lowest BCUT2D eigenvalue weighted by Crippen LogP contribution is -2.49. The molecule has 2 unspecified atom stereocenters. The van der Waals surface area contributed by atoms with Crippen molar-refractivity contribution < 1.29 is 4.79 Å². The van der Waals surface area contributed by atoms with E-state index in [0.717, 1.165) is 55.3 Å². The summed E-state index contributed by atoms with van der Waals surface area (Å²) in [7, 11) is 1.89. The van der Waals surface area contributed by atoms with Gasteiger partial charge in [-0.05, 0) is 31.7 Å². The lowest BCUT2D eigenvalue weighted by molar-refractivity contribution is -0.117. The fraction of sp³-hybridized carbons (Fsp3) is 0.444. The van der Waals surface area contributed by atoms with Gasteiger partial charge in [-0.3, -0.25) is 9.48 Å². The second kappa shape index (κ2) is 9.66. The van der Waals surface area contributed by atoms with E-state index in [4.69, 9.17) is 5.26 Å². The molecule has 172 valence electrons. The van der Waals surface area contributed by atoms with Crippen LogP contribution in [0.15, 0.2) is 59.8 Å². The van der Waals surface area contributed by atoms with Gasteiger partial charge in [0.15, 0.2) is 11.6 Å². The number of piperazine rings is 1. The molecule has 1 aromatic heterocycles. The van der Waals surface area contributed by atoms with E-state index in [0.29, 0.717) is 12.8 Å². The van der Waals surface area contributed by atoms with E-state index >= 15 is 0 Å². The number of nitrogens with zero attached hydrogens (tertiary/aromatic N) is 5. The van der Waals surface area contributed by atoms with Gasteiger partial charge < -0.3 is 9.80 Å². The zero-order chi connectivity index (χ0) is 23.5. The molecule has 6 heteroatoms. The van der Waals surface area contributed by atoms with Crippen LogP contribution in [-0.2, 0) is 24.7 Å². The van der Waals surface area contributed by atoms with Gasteiger partial charge in [0.1, 0.15) is 0 Å². The number of rotatable bonds is 6. The number of allylic oxidation sites excluding steroid dienone is 3. The van der Waals surface area contributed by atoms with E-state index in [1.165, 1.54) is 11.3 Å². The van der Waals surface area contributed by atoms with Crippen molar-refractivity contribution in [3.8, 4) is 6.07 Å².